The Kier molecular flexibility index (Phi) is 5.74. The summed E-state index contributed by atoms with van der Waals surface area (Å²) in [4.78, 5) is 4.31. The van der Waals surface area contributed by atoms with Gasteiger partial charge in [-0.1, -0.05) is 12.6 Å². The number of rotatable bonds is 2. The number of pyridine rings is 1. The van der Waals surface area contributed by atoms with Crippen molar-refractivity contribution in [2.24, 2.45) is 0 Å². The molecule has 0 spiro atoms. The van der Waals surface area contributed by atoms with E-state index in [1.165, 1.54) is 0 Å². The van der Waals surface area contributed by atoms with Crippen LogP contribution in [-0.4, -0.2) is 11.0 Å². The summed E-state index contributed by atoms with van der Waals surface area (Å²) in [6.45, 7) is 8.19. The van der Waals surface area contributed by atoms with Crippen molar-refractivity contribution in [3.8, 4) is 0 Å². The molecular weight excluding hydrogens is 237 g/mol. The quantitative estimate of drug-likeness (QED) is 0.817. The SMILES string of the molecule is Cc1[c-]c(C)nc(NC(C)C)c1.[Y]. The smallest absolute Gasteiger partial charge is 0.0415 e. The second-order valence-corrected chi connectivity index (χ2v) is 3.33. The van der Waals surface area contributed by atoms with Crippen LogP contribution in [0.1, 0.15) is 25.1 Å². The zero-order valence-corrected chi connectivity index (χ0v) is 11.5. The second kappa shape index (κ2) is 5.71. The van der Waals surface area contributed by atoms with Gasteiger partial charge in [-0.15, -0.1) is 0 Å². The van der Waals surface area contributed by atoms with E-state index in [9.17, 15) is 0 Å². The maximum Gasteiger partial charge on any atom is 0.0415 e. The van der Waals surface area contributed by atoms with Crippen LogP contribution in [0.5, 0.6) is 0 Å². The summed E-state index contributed by atoms with van der Waals surface area (Å²) in [5.41, 5.74) is 2.07. The van der Waals surface area contributed by atoms with Crippen LogP contribution in [0.4, 0.5) is 5.82 Å². The van der Waals surface area contributed by atoms with Crippen molar-refractivity contribution in [1.29, 1.82) is 0 Å². The van der Waals surface area contributed by atoms with Gasteiger partial charge in [0, 0.05) is 44.6 Å². The first-order chi connectivity index (χ1) is 5.58. The van der Waals surface area contributed by atoms with Crippen LogP contribution in [0.15, 0.2) is 6.07 Å². The Morgan fingerprint density at radius 1 is 1.38 bits per heavy atom. The Balaban J connectivity index is 0.00000144. The summed E-state index contributed by atoms with van der Waals surface area (Å²) in [5.74, 6) is 0.943. The second-order valence-electron chi connectivity index (χ2n) is 3.33. The van der Waals surface area contributed by atoms with Crippen molar-refractivity contribution in [3.63, 3.8) is 0 Å². The molecule has 0 amide bonds. The normalized spacial score (nSPS) is 9.62. The molecule has 0 unspecified atom stereocenters. The molecule has 3 heteroatoms. The van der Waals surface area contributed by atoms with Crippen LogP contribution >= 0.6 is 0 Å². The molecular formula is C10H15N2Y-. The number of hydrogen-bond acceptors (Lipinski definition) is 2. The Hall–Kier alpha value is 0.0539. The molecule has 13 heavy (non-hydrogen) atoms. The molecule has 0 fully saturated rings. The van der Waals surface area contributed by atoms with Crippen molar-refractivity contribution in [3.05, 3.63) is 23.4 Å². The molecule has 1 aromatic rings. The van der Waals surface area contributed by atoms with Crippen LogP contribution in [0.25, 0.3) is 0 Å². The van der Waals surface area contributed by atoms with Crippen LogP contribution in [-0.2, 0) is 32.7 Å². The zero-order chi connectivity index (χ0) is 9.14. The van der Waals surface area contributed by atoms with E-state index in [-0.39, 0.29) is 32.7 Å². The maximum atomic E-state index is 4.31. The van der Waals surface area contributed by atoms with Gasteiger partial charge in [-0.2, -0.15) is 6.07 Å². The Morgan fingerprint density at radius 2 is 2.00 bits per heavy atom. The molecule has 0 saturated carbocycles. The summed E-state index contributed by atoms with van der Waals surface area (Å²) in [6.07, 6.45) is 0. The third kappa shape index (κ3) is 4.73. The topological polar surface area (TPSA) is 24.9 Å². The van der Waals surface area contributed by atoms with Gasteiger partial charge in [-0.25, -0.2) is 11.6 Å². The van der Waals surface area contributed by atoms with Crippen molar-refractivity contribution in [1.82, 2.24) is 4.98 Å². The first kappa shape index (κ1) is 13.1. The van der Waals surface area contributed by atoms with Crippen molar-refractivity contribution in [2.75, 3.05) is 5.32 Å². The van der Waals surface area contributed by atoms with Gasteiger partial charge in [-0.3, -0.25) is 4.98 Å². The van der Waals surface area contributed by atoms with Gasteiger partial charge in [0.1, 0.15) is 0 Å². The third-order valence-corrected chi connectivity index (χ3v) is 1.46. The minimum Gasteiger partial charge on any atom is -0.383 e. The summed E-state index contributed by atoms with van der Waals surface area (Å²) in [5, 5.41) is 3.26. The van der Waals surface area contributed by atoms with Gasteiger partial charge in [-0.05, 0) is 20.8 Å². The fourth-order valence-corrected chi connectivity index (χ4v) is 1.14. The number of aromatic nitrogens is 1. The summed E-state index contributed by atoms with van der Waals surface area (Å²) < 4.78 is 0. The van der Waals surface area contributed by atoms with Crippen LogP contribution in [0, 0.1) is 19.9 Å². The number of hydrogen-bond donors (Lipinski definition) is 1. The molecule has 0 aromatic carbocycles. The van der Waals surface area contributed by atoms with Crippen LogP contribution < -0.4 is 5.32 Å². The minimum atomic E-state index is 0. The van der Waals surface area contributed by atoms with Gasteiger partial charge >= 0.3 is 0 Å². The number of nitrogens with one attached hydrogen (secondary N) is 1. The molecule has 0 aliphatic heterocycles. The first-order valence-corrected chi connectivity index (χ1v) is 4.22. The average Bonchev–Trinajstić information content (AvgIpc) is 1.81. The summed E-state index contributed by atoms with van der Waals surface area (Å²) in [7, 11) is 0. The molecule has 0 aliphatic rings. The van der Waals surface area contributed by atoms with Gasteiger partial charge in [0.05, 0.1) is 0 Å². The summed E-state index contributed by atoms with van der Waals surface area (Å²) >= 11 is 0. The third-order valence-electron chi connectivity index (χ3n) is 1.46. The molecule has 1 N–H and O–H groups in total. The molecule has 1 heterocycles. The van der Waals surface area contributed by atoms with Crippen molar-refractivity contribution < 1.29 is 32.7 Å². The van der Waals surface area contributed by atoms with E-state index < -0.39 is 0 Å². The zero-order valence-electron chi connectivity index (χ0n) is 8.68. The molecule has 69 valence electrons. The summed E-state index contributed by atoms with van der Waals surface area (Å²) in [6, 6.07) is 5.57. The van der Waals surface area contributed by atoms with Crippen LogP contribution in [0.2, 0.25) is 0 Å². The number of nitrogens with zero attached hydrogens (tertiary/aromatic N) is 1. The Labute approximate surface area is 105 Å². The van der Waals surface area contributed by atoms with Gasteiger partial charge in [0.25, 0.3) is 0 Å². The largest absolute Gasteiger partial charge is 0.383 e. The van der Waals surface area contributed by atoms with Crippen LogP contribution in [0.3, 0.4) is 0 Å². The van der Waals surface area contributed by atoms with E-state index in [1.807, 2.05) is 19.9 Å². The van der Waals surface area contributed by atoms with Gasteiger partial charge < -0.3 is 5.32 Å². The number of anilines is 1. The van der Waals surface area contributed by atoms with E-state index in [4.69, 9.17) is 0 Å². The molecule has 0 atom stereocenters. The standard InChI is InChI=1S/C10H15N2.Y/c1-7(2)11-10-6-8(3)5-9(4)12-10;/h6-7H,1-4H3,(H,11,12);/q-1;. The maximum absolute atomic E-state index is 4.31. The van der Waals surface area contributed by atoms with E-state index in [2.05, 4.69) is 30.2 Å². The molecule has 1 aromatic heterocycles. The Bertz CT molecular complexity index is 251. The van der Waals surface area contributed by atoms with Crippen molar-refractivity contribution >= 4 is 5.82 Å². The predicted molar refractivity (Wildman–Crippen MR) is 51.3 cm³/mol. The molecule has 0 aliphatic carbocycles. The minimum absolute atomic E-state index is 0. The average molecular weight is 252 g/mol. The molecule has 2 nitrogen and oxygen atoms in total. The molecule has 1 rings (SSSR count). The monoisotopic (exact) mass is 252 g/mol. The Morgan fingerprint density at radius 3 is 2.46 bits per heavy atom. The van der Waals surface area contributed by atoms with E-state index >= 15 is 0 Å². The molecule has 0 saturated heterocycles. The molecule has 0 bridgehead atoms. The van der Waals surface area contributed by atoms with E-state index in [1.54, 1.807) is 0 Å². The van der Waals surface area contributed by atoms with E-state index in [0.717, 1.165) is 17.1 Å². The first-order valence-electron chi connectivity index (χ1n) is 4.22. The van der Waals surface area contributed by atoms with E-state index in [0.29, 0.717) is 6.04 Å². The van der Waals surface area contributed by atoms with Crippen molar-refractivity contribution in [2.45, 2.75) is 33.7 Å². The fraction of sp³-hybridized carbons (Fsp3) is 0.500. The molecule has 1 radical (unpaired) electrons. The fourth-order valence-electron chi connectivity index (χ4n) is 1.14. The van der Waals surface area contributed by atoms with Gasteiger partial charge in [0.2, 0.25) is 0 Å². The van der Waals surface area contributed by atoms with Gasteiger partial charge in [0.15, 0.2) is 0 Å². The predicted octanol–water partition coefficient (Wildman–Crippen LogP) is 2.32. The number of aryl methyl sites for hydroxylation is 2.